The van der Waals surface area contributed by atoms with Gasteiger partial charge in [0.1, 0.15) is 0 Å². The Balaban J connectivity index is 2.07. The first-order valence-electron chi connectivity index (χ1n) is 5.93. The standard InChI is InChI=1S/C12H18N4O2/c13-8-9-7-10(1-2-11(9)14)15-3-5-16(6-4-15)12(17)18/h1-2,7H,3-6,8,13-14H2,(H,17,18). The topological polar surface area (TPSA) is 95.8 Å². The van der Waals surface area contributed by atoms with Gasteiger partial charge in [-0.15, -0.1) is 0 Å². The number of rotatable bonds is 2. The Morgan fingerprint density at radius 2 is 1.94 bits per heavy atom. The quantitative estimate of drug-likeness (QED) is 0.665. The van der Waals surface area contributed by atoms with E-state index in [2.05, 4.69) is 4.90 Å². The molecule has 6 nitrogen and oxygen atoms in total. The molecule has 1 aliphatic heterocycles. The van der Waals surface area contributed by atoms with Crippen LogP contribution in [0.1, 0.15) is 5.56 Å². The lowest BCUT2D eigenvalue weighted by molar-refractivity contribution is 0.142. The molecule has 0 radical (unpaired) electrons. The van der Waals surface area contributed by atoms with Crippen LogP contribution >= 0.6 is 0 Å². The molecular weight excluding hydrogens is 232 g/mol. The van der Waals surface area contributed by atoms with Crippen LogP contribution in [0, 0.1) is 0 Å². The zero-order valence-corrected chi connectivity index (χ0v) is 10.2. The first kappa shape index (κ1) is 12.5. The van der Waals surface area contributed by atoms with E-state index in [0.29, 0.717) is 38.4 Å². The van der Waals surface area contributed by atoms with E-state index < -0.39 is 6.09 Å². The molecule has 1 amide bonds. The number of benzene rings is 1. The first-order valence-corrected chi connectivity index (χ1v) is 5.93. The predicted octanol–water partition coefficient (Wildman–Crippen LogP) is 0.527. The highest BCUT2D eigenvalue weighted by Gasteiger charge is 2.20. The Morgan fingerprint density at radius 1 is 1.28 bits per heavy atom. The summed E-state index contributed by atoms with van der Waals surface area (Å²) in [5, 5.41) is 8.89. The largest absolute Gasteiger partial charge is 0.465 e. The SMILES string of the molecule is NCc1cc(N2CCN(C(=O)O)CC2)ccc1N. The van der Waals surface area contributed by atoms with Crippen LogP contribution in [-0.2, 0) is 6.54 Å². The van der Waals surface area contributed by atoms with E-state index in [1.165, 1.54) is 4.90 Å². The van der Waals surface area contributed by atoms with E-state index in [1.807, 2.05) is 18.2 Å². The molecule has 1 heterocycles. The van der Waals surface area contributed by atoms with Gasteiger partial charge in [0.05, 0.1) is 0 Å². The van der Waals surface area contributed by atoms with Crippen LogP contribution < -0.4 is 16.4 Å². The molecule has 1 saturated heterocycles. The summed E-state index contributed by atoms with van der Waals surface area (Å²) in [4.78, 5) is 14.4. The monoisotopic (exact) mass is 250 g/mol. The third kappa shape index (κ3) is 2.48. The van der Waals surface area contributed by atoms with Crippen LogP contribution in [0.2, 0.25) is 0 Å². The van der Waals surface area contributed by atoms with Crippen molar-refractivity contribution in [1.82, 2.24) is 4.90 Å². The minimum atomic E-state index is -0.852. The van der Waals surface area contributed by atoms with Gasteiger partial charge in [0.2, 0.25) is 0 Å². The zero-order valence-electron chi connectivity index (χ0n) is 10.2. The number of amides is 1. The summed E-state index contributed by atoms with van der Waals surface area (Å²) < 4.78 is 0. The summed E-state index contributed by atoms with van der Waals surface area (Å²) in [7, 11) is 0. The Kier molecular flexibility index (Phi) is 3.57. The fraction of sp³-hybridized carbons (Fsp3) is 0.417. The maximum absolute atomic E-state index is 10.8. The number of carbonyl (C=O) groups is 1. The number of hydrogen-bond acceptors (Lipinski definition) is 4. The van der Waals surface area contributed by atoms with Gasteiger partial charge in [0.25, 0.3) is 0 Å². The molecule has 5 N–H and O–H groups in total. The summed E-state index contributed by atoms with van der Waals surface area (Å²) in [5.41, 5.74) is 14.1. The number of hydrogen-bond donors (Lipinski definition) is 3. The van der Waals surface area contributed by atoms with Gasteiger partial charge in [0, 0.05) is 44.1 Å². The van der Waals surface area contributed by atoms with E-state index in [9.17, 15) is 4.79 Å². The van der Waals surface area contributed by atoms with Crippen molar-refractivity contribution in [3.63, 3.8) is 0 Å². The van der Waals surface area contributed by atoms with Crippen molar-refractivity contribution in [3.05, 3.63) is 23.8 Å². The van der Waals surface area contributed by atoms with E-state index in [4.69, 9.17) is 16.6 Å². The van der Waals surface area contributed by atoms with Gasteiger partial charge in [-0.2, -0.15) is 0 Å². The lowest BCUT2D eigenvalue weighted by atomic mass is 10.1. The average Bonchev–Trinajstić information content (AvgIpc) is 2.39. The van der Waals surface area contributed by atoms with Gasteiger partial charge < -0.3 is 26.4 Å². The highest BCUT2D eigenvalue weighted by molar-refractivity contribution is 5.66. The van der Waals surface area contributed by atoms with Crippen LogP contribution in [0.4, 0.5) is 16.2 Å². The van der Waals surface area contributed by atoms with Crippen molar-refractivity contribution in [2.24, 2.45) is 5.73 Å². The van der Waals surface area contributed by atoms with Crippen molar-refractivity contribution in [2.75, 3.05) is 36.8 Å². The third-order valence-electron chi connectivity index (χ3n) is 3.26. The molecule has 0 spiro atoms. The van der Waals surface area contributed by atoms with E-state index >= 15 is 0 Å². The molecule has 0 saturated carbocycles. The zero-order chi connectivity index (χ0) is 13.1. The molecule has 2 rings (SSSR count). The normalized spacial score (nSPS) is 15.8. The summed E-state index contributed by atoms with van der Waals surface area (Å²) in [6, 6.07) is 5.78. The lowest BCUT2D eigenvalue weighted by Gasteiger charge is -2.34. The van der Waals surface area contributed by atoms with Gasteiger partial charge in [-0.05, 0) is 23.8 Å². The minimum absolute atomic E-state index is 0.411. The maximum atomic E-state index is 10.8. The fourth-order valence-corrected chi connectivity index (χ4v) is 2.12. The second kappa shape index (κ2) is 5.14. The van der Waals surface area contributed by atoms with E-state index in [-0.39, 0.29) is 0 Å². The van der Waals surface area contributed by atoms with Crippen molar-refractivity contribution in [3.8, 4) is 0 Å². The van der Waals surface area contributed by atoms with E-state index in [1.54, 1.807) is 0 Å². The molecule has 0 unspecified atom stereocenters. The second-order valence-corrected chi connectivity index (χ2v) is 4.34. The Morgan fingerprint density at radius 3 is 2.50 bits per heavy atom. The molecule has 1 fully saturated rings. The Bertz CT molecular complexity index is 442. The van der Waals surface area contributed by atoms with Crippen LogP contribution in [0.15, 0.2) is 18.2 Å². The number of piperazine rings is 1. The number of nitrogens with two attached hydrogens (primary N) is 2. The molecule has 98 valence electrons. The highest BCUT2D eigenvalue weighted by atomic mass is 16.4. The lowest BCUT2D eigenvalue weighted by Crippen LogP contribution is -2.48. The Hall–Kier alpha value is -1.95. The van der Waals surface area contributed by atoms with E-state index in [0.717, 1.165) is 11.3 Å². The predicted molar refractivity (Wildman–Crippen MR) is 70.6 cm³/mol. The molecule has 0 bridgehead atoms. The second-order valence-electron chi connectivity index (χ2n) is 4.34. The molecule has 0 aromatic heterocycles. The number of carboxylic acid groups (broad SMARTS) is 1. The van der Waals surface area contributed by atoms with Crippen LogP contribution in [0.25, 0.3) is 0 Å². The van der Waals surface area contributed by atoms with Gasteiger partial charge in [0.15, 0.2) is 0 Å². The summed E-state index contributed by atoms with van der Waals surface area (Å²) in [6.07, 6.45) is -0.852. The van der Waals surface area contributed by atoms with Gasteiger partial charge in [-0.3, -0.25) is 0 Å². The third-order valence-corrected chi connectivity index (χ3v) is 3.26. The molecule has 0 aliphatic carbocycles. The van der Waals surface area contributed by atoms with Crippen LogP contribution in [0.3, 0.4) is 0 Å². The van der Waals surface area contributed by atoms with Crippen molar-refractivity contribution in [1.29, 1.82) is 0 Å². The fourth-order valence-electron chi connectivity index (χ4n) is 2.12. The number of nitrogens with zero attached hydrogens (tertiary/aromatic N) is 2. The molecule has 0 atom stereocenters. The maximum Gasteiger partial charge on any atom is 0.407 e. The average molecular weight is 250 g/mol. The van der Waals surface area contributed by atoms with Crippen LogP contribution in [-0.4, -0.2) is 42.3 Å². The summed E-state index contributed by atoms with van der Waals surface area (Å²) in [5.74, 6) is 0. The van der Waals surface area contributed by atoms with Crippen molar-refractivity contribution >= 4 is 17.5 Å². The first-order chi connectivity index (χ1) is 8.61. The Labute approximate surface area is 106 Å². The smallest absolute Gasteiger partial charge is 0.407 e. The number of anilines is 2. The molecule has 1 aromatic carbocycles. The van der Waals surface area contributed by atoms with Crippen LogP contribution in [0.5, 0.6) is 0 Å². The van der Waals surface area contributed by atoms with Crippen molar-refractivity contribution in [2.45, 2.75) is 6.54 Å². The molecule has 6 heteroatoms. The highest BCUT2D eigenvalue weighted by Crippen LogP contribution is 2.22. The molecule has 1 aliphatic rings. The van der Waals surface area contributed by atoms with Gasteiger partial charge in [-0.25, -0.2) is 4.79 Å². The van der Waals surface area contributed by atoms with Crippen molar-refractivity contribution < 1.29 is 9.90 Å². The summed E-state index contributed by atoms with van der Waals surface area (Å²) >= 11 is 0. The molecule has 1 aromatic rings. The summed E-state index contributed by atoms with van der Waals surface area (Å²) in [6.45, 7) is 2.85. The van der Waals surface area contributed by atoms with Gasteiger partial charge in [-0.1, -0.05) is 0 Å². The number of nitrogen functional groups attached to an aromatic ring is 1. The molecule has 18 heavy (non-hydrogen) atoms. The molecular formula is C12H18N4O2. The van der Waals surface area contributed by atoms with Gasteiger partial charge >= 0.3 is 6.09 Å². The minimum Gasteiger partial charge on any atom is -0.465 e.